The van der Waals surface area contributed by atoms with Crippen LogP contribution >= 0.6 is 47.0 Å². The van der Waals surface area contributed by atoms with E-state index in [0.29, 0.717) is 0 Å². The number of ether oxygens (including phenoxy) is 4. The zero-order valence-electron chi connectivity index (χ0n) is 139. The van der Waals surface area contributed by atoms with Crippen molar-refractivity contribution in [2.75, 3.05) is 96.8 Å². The van der Waals surface area contributed by atoms with Gasteiger partial charge in [0, 0.05) is 129 Å². The standard InChI is InChI=1S/4C24H31FN6O4S/c4*1-3-8-36-24-27-22(26-16-10-14(16)13-5-4-12(2)15(25)9-13)19-23(28-24)31(30-29-19)17-11-18(35-7-6-32)21(34)20(17)33/h4*4-5,9,14,16-18,20-21,32-34H,3,6-8,10-11H2,1-2H3,(H,26,27,28)/t4*14-,16+,17+,18-,20-,21+/m0000/s1/i3D2,4D,5D,6D2,7D2,8D2,9D,11D2,16D,17D,18D,20D,21D;3D2,4D,5D,7D2,8D2,9D,11D2,16D,17D,18D,20D,21D;3D2,4D,5D,6D2,8D2,9D,11D2,16D,17D,18D,20D,21D;3D2,4D,5D,8D2,9D,11D2,16D,17D,18D,20D,21D. The molecule has 0 amide bonds. The van der Waals surface area contributed by atoms with E-state index in [1.807, 2.05) is 0 Å². The van der Waals surface area contributed by atoms with E-state index in [1.54, 1.807) is 0 Å². The smallest absolute Gasteiger partial charge is 0.191 e. The lowest BCUT2D eigenvalue weighted by Crippen LogP contribution is -2.33. The van der Waals surface area contributed by atoms with Crippen molar-refractivity contribution >= 4 is 115 Å². The second-order valence-corrected chi connectivity index (χ2v) is 33.3. The molecule has 40 nitrogen and oxygen atoms in total. The summed E-state index contributed by atoms with van der Waals surface area (Å²) in [6.45, 7) is -11.4. The molecule has 0 aliphatic heterocycles. The van der Waals surface area contributed by atoms with E-state index in [-0.39, 0.29) is 136 Å². The van der Waals surface area contributed by atoms with Crippen molar-refractivity contribution in [2.24, 2.45) is 0 Å². The Kier molecular flexibility index (Phi) is 17.1. The molecule has 8 aliphatic rings. The normalized spacial score (nSPS) is 46.9. The van der Waals surface area contributed by atoms with Crippen molar-refractivity contribution in [3.63, 3.8) is 0 Å². The Morgan fingerprint density at radius 1 is 0.361 bits per heavy atom. The van der Waals surface area contributed by atoms with Crippen molar-refractivity contribution in [1.82, 2.24) is 99.8 Å². The number of rotatable bonds is 40. The van der Waals surface area contributed by atoms with Gasteiger partial charge in [-0.1, -0.05) is 144 Å². The van der Waals surface area contributed by atoms with Crippen LogP contribution in [0, 0.1) is 51.0 Å². The summed E-state index contributed by atoms with van der Waals surface area (Å²) < 4.78 is 609. The average molecular weight is 2140 g/mol. The quantitative estimate of drug-likeness (QED) is 0.00969. The zero-order valence-corrected chi connectivity index (χ0v) is 78.3. The van der Waals surface area contributed by atoms with E-state index in [2.05, 4.69) is 112 Å². The minimum absolute atomic E-state index is 0.000559. The number of aliphatic hydroxyl groups excluding tert-OH is 2. The second kappa shape index (κ2) is 47.3. The van der Waals surface area contributed by atoms with Crippen LogP contribution in [0.5, 0.6) is 0 Å². The van der Waals surface area contributed by atoms with Crippen molar-refractivity contribution < 1.29 is 186 Å². The Balaban J connectivity index is 0.000000179. The summed E-state index contributed by atoms with van der Waals surface area (Å²) in [5, 5.41) is 164. The highest BCUT2D eigenvalue weighted by molar-refractivity contribution is 7.99. The summed E-state index contributed by atoms with van der Waals surface area (Å²) >= 11 is 0.181. The third-order valence-electron chi connectivity index (χ3n) is 20.7. The number of thioether (sulfide) groups is 4. The van der Waals surface area contributed by atoms with Gasteiger partial charge in [0.15, 0.2) is 88.6 Å². The summed E-state index contributed by atoms with van der Waals surface area (Å²) in [4.78, 5) is 32.4. The fraction of sp³-hybridized carbons (Fsp3) is 0.583. The van der Waals surface area contributed by atoms with Crippen molar-refractivity contribution in [3.05, 3.63) is 140 Å². The fourth-order valence-electron chi connectivity index (χ4n) is 13.3. The van der Waals surface area contributed by atoms with E-state index < -0.39 is 456 Å². The molecule has 16 N–H and O–H groups in total. The predicted octanol–water partition coefficient (Wildman–Crippen LogP) is 8.73. The number of nitrogens with zero attached hydrogens (tertiary/aromatic N) is 20. The molecule has 8 saturated carbocycles. The molecule has 8 heterocycles. The van der Waals surface area contributed by atoms with Gasteiger partial charge >= 0.3 is 0 Å². The summed E-state index contributed by atoms with van der Waals surface area (Å²) in [6, 6.07) is -30.6. The molecule has 0 unspecified atom stereocenters. The highest BCUT2D eigenvalue weighted by Crippen LogP contribution is 2.50. The number of anilines is 4. The molecule has 8 aliphatic carbocycles. The molecular formula is C96H124F4N24O16S4. The van der Waals surface area contributed by atoms with Crippen LogP contribution < -0.4 is 21.3 Å². The van der Waals surface area contributed by atoms with Gasteiger partial charge in [0.1, 0.15) is 71.9 Å². The van der Waals surface area contributed by atoms with E-state index >= 15 is 0 Å². The number of fused-ring (bicyclic) bond motifs is 4. The molecule has 4 aromatic carbocycles. The number of hydrogen-bond acceptors (Lipinski definition) is 40. The van der Waals surface area contributed by atoms with Gasteiger partial charge in [0.25, 0.3) is 0 Å². The molecule has 8 fully saturated rings. The van der Waals surface area contributed by atoms with Crippen molar-refractivity contribution in [3.8, 4) is 0 Å². The molecular weight excluding hydrogens is 1950 g/mol. The summed E-state index contributed by atoms with van der Waals surface area (Å²) in [5.74, 6) is -11.1. The number of aromatic nitrogens is 20. The monoisotopic (exact) mass is 2140 g/mol. The predicted molar refractivity (Wildman–Crippen MR) is 530 cm³/mol. The number of halogens is 4. The summed E-state index contributed by atoms with van der Waals surface area (Å²) in [7, 11) is 0. The second-order valence-electron chi connectivity index (χ2n) is 30.2. The maximum absolute atomic E-state index is 14.8. The molecule has 48 heteroatoms. The summed E-state index contributed by atoms with van der Waals surface area (Å²) in [5.41, 5.74) is -19.5. The summed E-state index contributed by atoms with van der Waals surface area (Å²) in [6.07, 6.45) is -76.9. The van der Waals surface area contributed by atoms with Crippen LogP contribution in [0.3, 0.4) is 0 Å². The Morgan fingerprint density at radius 3 is 0.861 bits per heavy atom. The van der Waals surface area contributed by atoms with Gasteiger partial charge in [-0.25, -0.2) is 76.2 Å². The first-order valence-electron chi connectivity index (χ1n) is 73.7. The largest absolute Gasteiger partial charge is 0.394 e. The van der Waals surface area contributed by atoms with Gasteiger partial charge < -0.3 is 101 Å². The van der Waals surface area contributed by atoms with Crippen LogP contribution in [0.1, 0.15) is 284 Å². The fourth-order valence-corrected chi connectivity index (χ4v) is 15.2. The first-order chi connectivity index (χ1) is 93.1. The van der Waals surface area contributed by atoms with E-state index in [1.165, 1.54) is 27.7 Å². The molecule has 8 aromatic heterocycles. The number of benzene rings is 4. The molecule has 24 atom stereocenters. The maximum Gasteiger partial charge on any atom is 0.191 e. The minimum Gasteiger partial charge on any atom is -0.394 e. The van der Waals surface area contributed by atoms with Gasteiger partial charge in [-0.15, -0.1) is 20.4 Å². The lowest BCUT2D eigenvalue weighted by Gasteiger charge is -2.17. The highest BCUT2D eigenvalue weighted by atomic mass is 32.2. The van der Waals surface area contributed by atoms with Gasteiger partial charge in [0.05, 0.1) is 156 Å². The zero-order chi connectivity index (χ0) is 159. The number of aliphatic hydroxyl groups is 12. The number of hydrogen-bond donors (Lipinski definition) is 16. The molecule has 12 aromatic rings. The maximum atomic E-state index is 14.8. The van der Waals surface area contributed by atoms with Crippen LogP contribution in [0.15, 0.2) is 93.1 Å². The topological polar surface area (TPSA) is 554 Å². The molecule has 144 heavy (non-hydrogen) atoms. The average Bonchev–Trinajstić information content (AvgIpc) is 1.48. The van der Waals surface area contributed by atoms with Gasteiger partial charge in [0.2, 0.25) is 0 Å². The van der Waals surface area contributed by atoms with E-state index in [4.69, 9.17) is 97.2 Å². The van der Waals surface area contributed by atoms with Crippen LogP contribution in [-0.2, 0) is 18.9 Å². The van der Waals surface area contributed by atoms with Gasteiger partial charge in [-0.05, 0) is 148 Å². The molecule has 0 saturated heterocycles. The van der Waals surface area contributed by atoms with Gasteiger partial charge in [-0.3, -0.25) is 0 Å². The molecule has 0 spiro atoms. The minimum atomic E-state index is -4.45. The lowest BCUT2D eigenvalue weighted by atomic mass is 10.1. The van der Waals surface area contributed by atoms with E-state index in [0.717, 1.165) is 27.7 Å². The lowest BCUT2D eigenvalue weighted by molar-refractivity contribution is -0.0629. The Labute approximate surface area is 933 Å². The number of nitrogens with one attached hydrogen (secondary N) is 4. The van der Waals surface area contributed by atoms with Crippen LogP contribution in [0.25, 0.3) is 44.7 Å². The Morgan fingerprint density at radius 2 is 0.618 bits per heavy atom. The van der Waals surface area contributed by atoms with Crippen molar-refractivity contribution in [2.45, 2.75) is 297 Å². The highest BCUT2D eigenvalue weighted by Gasteiger charge is 2.51. The third kappa shape index (κ3) is 23.8. The SMILES string of the molecule is [2H]c1c([2H])c([C@@H]2C[C@@]2([2H])Nc2nc(SC([2H])([2H])C([2H])([2H])C)nc3c2nnn3[C@]2([2H])C([2H])([2H])[C@]([2H])(OC([2H])([2H])C([2H])([2H])O)[C@@]([2H])(O)[C@@]2([2H])O)c([2H])c(F)c1C.[2H]c1c([2H])c([C@@H]2C[C@@]2([2H])Nc2nc(SC([2H])([2H])C([2H])([2H])C)nc3c2nnn3[C@]2([2H])C([2H])([2H])[C@]([2H])(OC([2H])([2H])CO)[C@@]([2H])(O)[C@@]2([2H])O)c([2H])c(F)c1C.[2H]c1c([2H])c([C@@H]2C[C@@]2([2H])Nc2nc(SC([2H])([2H])C([2H])([2H])C)nc3c2nnn3[C@]2([2H])C([2H])([2H])[C@]([2H])(OCC([2H])([2H])O)[C@@]([2H])(O)[C@@]2([2H])O)c([2H])c(F)c1C.[2H]c1c([2H])c([C@@H]2C[C@@]2([2H])Nc2nc(SC([2H])([2H])C([2H])([2H])C)nc3c2nnn3[C@]2([2H])C([2H])([2H])[C@]([2H])(OCCO)[C@@]([2H])(O)[C@@]2([2H])O)c([2H])c(F)c1C. The van der Waals surface area contributed by atoms with Crippen molar-refractivity contribution in [1.29, 1.82) is 0 Å². The first kappa shape index (κ1) is 52.1. The molecule has 0 radical (unpaired) electrons. The van der Waals surface area contributed by atoms with Gasteiger partial charge in [-0.2, -0.15) is 0 Å². The van der Waals surface area contributed by atoms with Crippen LogP contribution in [-0.4, -0.2) is 334 Å². The van der Waals surface area contributed by atoms with E-state index in [9.17, 15) is 78.8 Å². The Hall–Kier alpha value is -9.52. The molecule has 20 rings (SSSR count). The first-order valence-corrected chi connectivity index (χ1v) is 45.0. The Bertz CT molecular complexity index is 9950. The third-order valence-corrected chi connectivity index (χ3v) is 23.3. The molecule has 776 valence electrons. The molecule has 0 bridgehead atoms. The van der Waals surface area contributed by atoms with Crippen LogP contribution in [0.4, 0.5) is 40.8 Å². The van der Waals surface area contributed by atoms with Crippen LogP contribution in [0.2, 0.25) is 0 Å².